The molecule has 0 aliphatic heterocycles. The molecule has 1 aromatic heterocycles. The molecular formula is C14H14Cl2N2OS. The second kappa shape index (κ2) is 6.20. The number of rotatable bonds is 6. The molecular weight excluding hydrogens is 315 g/mol. The maximum Gasteiger partial charge on any atom is 0.183 e. The van der Waals surface area contributed by atoms with E-state index in [-0.39, 0.29) is 0 Å². The average molecular weight is 329 g/mol. The molecule has 0 atom stereocenters. The fraction of sp³-hybridized carbons (Fsp3) is 0.357. The number of benzene rings is 1. The van der Waals surface area contributed by atoms with Crippen LogP contribution in [-0.2, 0) is 6.54 Å². The third-order valence-corrected chi connectivity index (χ3v) is 4.51. The van der Waals surface area contributed by atoms with Gasteiger partial charge in [-0.1, -0.05) is 23.2 Å². The van der Waals surface area contributed by atoms with E-state index in [1.54, 1.807) is 6.20 Å². The number of ether oxygens (including phenoxy) is 1. The molecule has 0 unspecified atom stereocenters. The van der Waals surface area contributed by atoms with Gasteiger partial charge < -0.3 is 10.1 Å². The van der Waals surface area contributed by atoms with Gasteiger partial charge in [0.15, 0.2) is 4.47 Å². The van der Waals surface area contributed by atoms with Gasteiger partial charge >= 0.3 is 0 Å². The van der Waals surface area contributed by atoms with E-state index in [2.05, 4.69) is 10.3 Å². The van der Waals surface area contributed by atoms with Crippen LogP contribution in [0.5, 0.6) is 5.75 Å². The largest absolute Gasteiger partial charge is 0.492 e. The molecule has 1 heterocycles. The summed E-state index contributed by atoms with van der Waals surface area (Å²) in [6, 6.07) is 5.76. The van der Waals surface area contributed by atoms with Gasteiger partial charge in [0.2, 0.25) is 0 Å². The van der Waals surface area contributed by atoms with Gasteiger partial charge in [0.25, 0.3) is 0 Å². The second-order valence-corrected chi connectivity index (χ2v) is 6.94. The number of thiazole rings is 1. The van der Waals surface area contributed by atoms with Crippen molar-refractivity contribution >= 4 is 40.2 Å². The first-order valence-electron chi connectivity index (χ1n) is 6.47. The van der Waals surface area contributed by atoms with Crippen LogP contribution < -0.4 is 10.1 Å². The lowest BCUT2D eigenvalue weighted by Gasteiger charge is -2.10. The molecule has 6 heteroatoms. The minimum absolute atomic E-state index is 0.559. The maximum absolute atomic E-state index is 6.22. The number of nitrogens with one attached hydrogen (secondary N) is 1. The van der Waals surface area contributed by atoms with E-state index in [1.165, 1.54) is 24.2 Å². The van der Waals surface area contributed by atoms with Crippen LogP contribution in [0.4, 0.5) is 5.69 Å². The summed E-state index contributed by atoms with van der Waals surface area (Å²) in [5, 5.41) is 3.93. The van der Waals surface area contributed by atoms with E-state index in [1.807, 2.05) is 18.2 Å². The highest BCUT2D eigenvalue weighted by atomic mass is 35.5. The SMILES string of the molecule is Clc1ncc(CNc2ccc(OCC3CC3)c(Cl)c2)s1. The summed E-state index contributed by atoms with van der Waals surface area (Å²) >= 11 is 13.5. The van der Waals surface area contributed by atoms with Gasteiger partial charge in [-0.05, 0) is 37.0 Å². The van der Waals surface area contributed by atoms with E-state index in [9.17, 15) is 0 Å². The van der Waals surface area contributed by atoms with Crippen molar-refractivity contribution < 1.29 is 4.74 Å². The number of hydrogen-bond acceptors (Lipinski definition) is 4. The van der Waals surface area contributed by atoms with Gasteiger partial charge in [0.05, 0.1) is 18.2 Å². The lowest BCUT2D eigenvalue weighted by molar-refractivity contribution is 0.300. The van der Waals surface area contributed by atoms with Crippen molar-refractivity contribution in [1.29, 1.82) is 0 Å². The molecule has 1 saturated carbocycles. The van der Waals surface area contributed by atoms with E-state index in [0.717, 1.165) is 28.8 Å². The van der Waals surface area contributed by atoms with E-state index >= 15 is 0 Å². The first-order chi connectivity index (χ1) is 9.70. The lowest BCUT2D eigenvalue weighted by Crippen LogP contribution is -2.01. The number of halogens is 2. The number of nitrogens with zero attached hydrogens (tertiary/aromatic N) is 1. The summed E-state index contributed by atoms with van der Waals surface area (Å²) in [4.78, 5) is 5.09. The van der Waals surface area contributed by atoms with Crippen LogP contribution in [0.2, 0.25) is 9.49 Å². The number of aromatic nitrogens is 1. The first-order valence-corrected chi connectivity index (χ1v) is 8.04. The Morgan fingerprint density at radius 1 is 1.35 bits per heavy atom. The highest BCUT2D eigenvalue weighted by Gasteiger charge is 2.22. The Bertz CT molecular complexity index is 599. The van der Waals surface area contributed by atoms with Crippen molar-refractivity contribution in [3.8, 4) is 5.75 Å². The van der Waals surface area contributed by atoms with Gasteiger partial charge in [-0.3, -0.25) is 0 Å². The zero-order chi connectivity index (χ0) is 13.9. The van der Waals surface area contributed by atoms with Crippen LogP contribution in [0.15, 0.2) is 24.4 Å². The molecule has 20 heavy (non-hydrogen) atoms. The van der Waals surface area contributed by atoms with Gasteiger partial charge in [-0.25, -0.2) is 4.98 Å². The van der Waals surface area contributed by atoms with E-state index < -0.39 is 0 Å². The minimum Gasteiger partial charge on any atom is -0.492 e. The summed E-state index contributed by atoms with van der Waals surface area (Å²) in [6.45, 7) is 1.45. The number of hydrogen-bond donors (Lipinski definition) is 1. The summed E-state index contributed by atoms with van der Waals surface area (Å²) < 4.78 is 6.26. The fourth-order valence-electron chi connectivity index (χ4n) is 1.77. The Kier molecular flexibility index (Phi) is 4.34. The highest BCUT2D eigenvalue weighted by molar-refractivity contribution is 7.15. The molecule has 1 fully saturated rings. The summed E-state index contributed by atoms with van der Waals surface area (Å²) in [5.41, 5.74) is 0.957. The zero-order valence-corrected chi connectivity index (χ0v) is 13.1. The molecule has 3 rings (SSSR count). The van der Waals surface area contributed by atoms with Gasteiger partial charge in [0, 0.05) is 16.8 Å². The van der Waals surface area contributed by atoms with Crippen molar-refractivity contribution in [1.82, 2.24) is 4.98 Å². The van der Waals surface area contributed by atoms with Crippen molar-refractivity contribution in [3.63, 3.8) is 0 Å². The molecule has 3 nitrogen and oxygen atoms in total. The van der Waals surface area contributed by atoms with Crippen LogP contribution >= 0.6 is 34.5 Å². The quantitative estimate of drug-likeness (QED) is 0.822. The smallest absolute Gasteiger partial charge is 0.183 e. The van der Waals surface area contributed by atoms with Crippen molar-refractivity contribution in [2.45, 2.75) is 19.4 Å². The summed E-state index contributed by atoms with van der Waals surface area (Å²) in [5.74, 6) is 1.48. The average Bonchev–Trinajstić information content (AvgIpc) is 3.17. The van der Waals surface area contributed by atoms with Crippen molar-refractivity contribution in [3.05, 3.63) is 38.8 Å². The van der Waals surface area contributed by atoms with Gasteiger partial charge in [0.1, 0.15) is 5.75 Å². The molecule has 0 saturated heterocycles. The fourth-order valence-corrected chi connectivity index (χ4v) is 2.93. The predicted octanol–water partition coefficient (Wildman–Crippen LogP) is 4.85. The van der Waals surface area contributed by atoms with Gasteiger partial charge in [-0.15, -0.1) is 11.3 Å². The minimum atomic E-state index is 0.559. The normalized spacial score (nSPS) is 14.3. The van der Waals surface area contributed by atoms with E-state index in [4.69, 9.17) is 27.9 Å². The van der Waals surface area contributed by atoms with Crippen molar-refractivity contribution in [2.75, 3.05) is 11.9 Å². The Labute approximate surface area is 131 Å². The molecule has 106 valence electrons. The zero-order valence-electron chi connectivity index (χ0n) is 10.7. The highest BCUT2D eigenvalue weighted by Crippen LogP contribution is 2.33. The molecule has 0 spiro atoms. The molecule has 1 N–H and O–H groups in total. The molecule has 0 amide bonds. The van der Waals surface area contributed by atoms with Crippen LogP contribution in [0.3, 0.4) is 0 Å². The lowest BCUT2D eigenvalue weighted by atomic mass is 10.3. The molecule has 0 bridgehead atoms. The van der Waals surface area contributed by atoms with Crippen LogP contribution in [-0.4, -0.2) is 11.6 Å². The number of anilines is 1. The van der Waals surface area contributed by atoms with Crippen LogP contribution in [0, 0.1) is 5.92 Å². The first kappa shape index (κ1) is 14.0. The molecule has 0 radical (unpaired) electrons. The Balaban J connectivity index is 1.57. The molecule has 2 aromatic rings. The molecule has 1 aliphatic rings. The Hall–Kier alpha value is -0.970. The summed E-state index contributed by atoms with van der Waals surface area (Å²) in [7, 11) is 0. The topological polar surface area (TPSA) is 34.2 Å². The molecule has 1 aliphatic carbocycles. The molecule has 1 aromatic carbocycles. The summed E-state index contributed by atoms with van der Waals surface area (Å²) in [6.07, 6.45) is 4.32. The van der Waals surface area contributed by atoms with Crippen LogP contribution in [0.1, 0.15) is 17.7 Å². The van der Waals surface area contributed by atoms with Crippen molar-refractivity contribution in [2.24, 2.45) is 5.92 Å². The maximum atomic E-state index is 6.22. The van der Waals surface area contributed by atoms with Crippen LogP contribution in [0.25, 0.3) is 0 Å². The third kappa shape index (κ3) is 3.78. The Morgan fingerprint density at radius 2 is 2.20 bits per heavy atom. The van der Waals surface area contributed by atoms with E-state index in [0.29, 0.717) is 16.0 Å². The Morgan fingerprint density at radius 3 is 2.85 bits per heavy atom. The standard InChI is InChI=1S/C14H14Cl2N2OS/c15-12-5-10(17-6-11-7-18-14(16)20-11)3-4-13(12)19-8-9-1-2-9/h3-5,7,9,17H,1-2,6,8H2. The second-order valence-electron chi connectivity index (χ2n) is 4.83. The monoisotopic (exact) mass is 328 g/mol. The third-order valence-electron chi connectivity index (χ3n) is 3.10. The predicted molar refractivity (Wildman–Crippen MR) is 84.1 cm³/mol. The van der Waals surface area contributed by atoms with Gasteiger partial charge in [-0.2, -0.15) is 0 Å².